The molecule has 34 heavy (non-hydrogen) atoms. The van der Waals surface area contributed by atoms with Gasteiger partial charge in [0.15, 0.2) is 5.65 Å². The zero-order valence-electron chi connectivity index (χ0n) is 19.7. The van der Waals surface area contributed by atoms with Crippen molar-refractivity contribution in [1.82, 2.24) is 29.3 Å². The van der Waals surface area contributed by atoms with Gasteiger partial charge in [-0.3, -0.25) is 9.20 Å². The molecule has 7 nitrogen and oxygen atoms in total. The number of hydrogen-bond donors (Lipinski definition) is 0. The minimum absolute atomic E-state index is 0.0159. The van der Waals surface area contributed by atoms with Crippen LogP contribution in [0.3, 0.4) is 0 Å². The second kappa shape index (κ2) is 7.98. The molecule has 8 heteroatoms. The molecule has 0 N–H and O–H groups in total. The van der Waals surface area contributed by atoms with Crippen LogP contribution < -0.4 is 5.56 Å². The van der Waals surface area contributed by atoms with E-state index in [1.165, 1.54) is 35.6 Å². The number of halogens is 1. The zero-order chi connectivity index (χ0) is 23.4. The maximum atomic E-state index is 14.3. The monoisotopic (exact) mass is 460 g/mol. The highest BCUT2D eigenvalue weighted by atomic mass is 19.1. The summed E-state index contributed by atoms with van der Waals surface area (Å²) >= 11 is 0. The van der Waals surface area contributed by atoms with E-state index in [9.17, 15) is 9.18 Å². The molecule has 2 aliphatic rings. The SMILES string of the molecule is Cc1ccc(CC2CC3(C2)CN(CCCc2cc4nncn4cc2F)C3)c2cnn(C)c(=O)c12. The molecule has 3 aromatic heterocycles. The van der Waals surface area contributed by atoms with Crippen molar-refractivity contribution in [2.75, 3.05) is 19.6 Å². The van der Waals surface area contributed by atoms with Gasteiger partial charge in [-0.25, -0.2) is 9.07 Å². The van der Waals surface area contributed by atoms with E-state index in [0.717, 1.165) is 55.2 Å². The molecule has 0 unspecified atom stereocenters. The van der Waals surface area contributed by atoms with E-state index in [-0.39, 0.29) is 11.4 Å². The fourth-order valence-corrected chi connectivity index (χ4v) is 6.25. The Morgan fingerprint density at radius 2 is 2.03 bits per heavy atom. The van der Waals surface area contributed by atoms with Crippen LogP contribution in [0.1, 0.15) is 36.0 Å². The summed E-state index contributed by atoms with van der Waals surface area (Å²) < 4.78 is 17.3. The van der Waals surface area contributed by atoms with Crippen LogP contribution in [0.25, 0.3) is 16.4 Å². The lowest BCUT2D eigenvalue weighted by molar-refractivity contribution is -0.0936. The van der Waals surface area contributed by atoms with E-state index >= 15 is 0 Å². The number of aromatic nitrogens is 5. The molecule has 0 atom stereocenters. The van der Waals surface area contributed by atoms with Crippen LogP contribution in [-0.4, -0.2) is 48.9 Å². The second-order valence-electron chi connectivity index (χ2n) is 10.4. The van der Waals surface area contributed by atoms with E-state index < -0.39 is 0 Å². The lowest BCUT2D eigenvalue weighted by atomic mass is 9.56. The first-order valence-corrected chi connectivity index (χ1v) is 12.1. The van der Waals surface area contributed by atoms with Gasteiger partial charge in [0.05, 0.1) is 11.6 Å². The quantitative estimate of drug-likeness (QED) is 0.442. The van der Waals surface area contributed by atoms with Crippen molar-refractivity contribution in [2.24, 2.45) is 18.4 Å². The molecule has 176 valence electrons. The number of likely N-dealkylation sites (tertiary alicyclic amines) is 1. The van der Waals surface area contributed by atoms with Crippen LogP contribution in [-0.2, 0) is 19.9 Å². The van der Waals surface area contributed by atoms with Crippen molar-refractivity contribution < 1.29 is 4.39 Å². The number of aryl methyl sites for hydroxylation is 3. The van der Waals surface area contributed by atoms with Gasteiger partial charge in [0.1, 0.15) is 12.1 Å². The second-order valence-corrected chi connectivity index (χ2v) is 10.4. The summed E-state index contributed by atoms with van der Waals surface area (Å²) in [6, 6.07) is 6.05. The van der Waals surface area contributed by atoms with Crippen molar-refractivity contribution in [3.63, 3.8) is 0 Å². The summed E-state index contributed by atoms with van der Waals surface area (Å²) in [5, 5.41) is 13.9. The van der Waals surface area contributed by atoms with Crippen molar-refractivity contribution in [1.29, 1.82) is 0 Å². The summed E-state index contributed by atoms with van der Waals surface area (Å²) in [5.74, 6) is 0.479. The Morgan fingerprint density at radius 3 is 2.85 bits per heavy atom. The third-order valence-corrected chi connectivity index (χ3v) is 7.87. The largest absolute Gasteiger partial charge is 0.302 e. The first-order chi connectivity index (χ1) is 16.4. The predicted octanol–water partition coefficient (Wildman–Crippen LogP) is 3.31. The summed E-state index contributed by atoms with van der Waals surface area (Å²) in [6.45, 7) is 5.29. The summed E-state index contributed by atoms with van der Waals surface area (Å²) in [5.41, 5.74) is 4.12. The lowest BCUT2D eigenvalue weighted by Crippen LogP contribution is -2.62. The summed E-state index contributed by atoms with van der Waals surface area (Å²) in [6.07, 6.45) is 9.99. The predicted molar refractivity (Wildman–Crippen MR) is 128 cm³/mol. The molecule has 1 aliphatic heterocycles. The highest BCUT2D eigenvalue weighted by Crippen LogP contribution is 2.53. The van der Waals surface area contributed by atoms with Gasteiger partial charge in [-0.15, -0.1) is 10.2 Å². The van der Waals surface area contributed by atoms with Crippen molar-refractivity contribution in [3.8, 4) is 0 Å². The van der Waals surface area contributed by atoms with E-state index in [1.807, 2.05) is 13.1 Å². The molecular formula is C26H29FN6O. The molecule has 0 bridgehead atoms. The van der Waals surface area contributed by atoms with Crippen molar-refractivity contribution in [3.05, 3.63) is 69.8 Å². The molecule has 1 aliphatic carbocycles. The Bertz CT molecular complexity index is 1440. The molecule has 4 aromatic rings. The Balaban J connectivity index is 1.01. The average Bonchev–Trinajstić information content (AvgIpc) is 3.21. The third-order valence-electron chi connectivity index (χ3n) is 7.87. The molecule has 1 spiro atoms. The standard InChI is InChI=1S/C26H29FN6O/c1-17-5-6-19(21-12-29-31(2)25(34)24(17)21)8-18-10-26(11-18)14-32(15-26)7-3-4-20-9-23-30-28-16-33(23)13-22(20)27/h5-6,9,12-13,16,18H,3-4,7-8,10-11,14-15H2,1-2H3. The Morgan fingerprint density at radius 1 is 1.21 bits per heavy atom. The summed E-state index contributed by atoms with van der Waals surface area (Å²) in [4.78, 5) is 15.1. The fraction of sp³-hybridized carbons (Fsp3) is 0.462. The molecule has 0 radical (unpaired) electrons. The van der Waals surface area contributed by atoms with Gasteiger partial charge in [-0.1, -0.05) is 12.1 Å². The molecule has 1 aromatic carbocycles. The molecule has 6 rings (SSSR count). The van der Waals surface area contributed by atoms with Gasteiger partial charge in [0.25, 0.3) is 5.56 Å². The van der Waals surface area contributed by atoms with Crippen LogP contribution in [0.5, 0.6) is 0 Å². The minimum atomic E-state index is -0.189. The van der Waals surface area contributed by atoms with Crippen LogP contribution in [0.2, 0.25) is 0 Å². The average molecular weight is 461 g/mol. The van der Waals surface area contributed by atoms with E-state index in [1.54, 1.807) is 17.5 Å². The maximum absolute atomic E-state index is 14.3. The lowest BCUT2D eigenvalue weighted by Gasteiger charge is -2.59. The zero-order valence-corrected chi connectivity index (χ0v) is 19.7. The normalized spacial score (nSPS) is 18.0. The van der Waals surface area contributed by atoms with Crippen LogP contribution in [0, 0.1) is 24.1 Å². The van der Waals surface area contributed by atoms with Crippen molar-refractivity contribution >= 4 is 16.4 Å². The molecule has 4 heterocycles. The third kappa shape index (κ3) is 3.60. The van der Waals surface area contributed by atoms with Gasteiger partial charge >= 0.3 is 0 Å². The number of hydrogen-bond acceptors (Lipinski definition) is 5. The molecular weight excluding hydrogens is 431 g/mol. The Labute approximate surface area is 197 Å². The van der Waals surface area contributed by atoms with Gasteiger partial charge in [0, 0.05) is 31.7 Å². The van der Waals surface area contributed by atoms with Crippen LogP contribution in [0.15, 0.2) is 41.7 Å². The smallest absolute Gasteiger partial charge is 0.274 e. The van der Waals surface area contributed by atoms with Gasteiger partial charge < -0.3 is 4.90 Å². The maximum Gasteiger partial charge on any atom is 0.274 e. The topological polar surface area (TPSA) is 68.3 Å². The van der Waals surface area contributed by atoms with E-state index in [0.29, 0.717) is 22.5 Å². The highest BCUT2D eigenvalue weighted by molar-refractivity contribution is 5.87. The van der Waals surface area contributed by atoms with Crippen LogP contribution in [0.4, 0.5) is 4.39 Å². The highest BCUT2D eigenvalue weighted by Gasteiger charge is 2.51. The van der Waals surface area contributed by atoms with Gasteiger partial charge in [-0.05, 0) is 79.7 Å². The molecule has 1 saturated heterocycles. The Kier molecular flexibility index (Phi) is 5.02. The summed E-state index contributed by atoms with van der Waals surface area (Å²) in [7, 11) is 1.71. The minimum Gasteiger partial charge on any atom is -0.302 e. The molecule has 0 amide bonds. The number of rotatable bonds is 6. The van der Waals surface area contributed by atoms with E-state index in [4.69, 9.17) is 0 Å². The molecule has 2 fully saturated rings. The number of pyridine rings is 1. The first kappa shape index (κ1) is 21.4. The first-order valence-electron chi connectivity index (χ1n) is 12.1. The van der Waals surface area contributed by atoms with E-state index in [2.05, 4.69) is 32.3 Å². The molecule has 1 saturated carbocycles. The van der Waals surface area contributed by atoms with Gasteiger partial charge in [0.2, 0.25) is 0 Å². The number of benzene rings is 1. The fourth-order valence-electron chi connectivity index (χ4n) is 6.25. The Hall–Kier alpha value is -3.13. The number of nitrogens with zero attached hydrogens (tertiary/aromatic N) is 6. The van der Waals surface area contributed by atoms with Crippen LogP contribution >= 0.6 is 0 Å². The van der Waals surface area contributed by atoms with Crippen molar-refractivity contribution in [2.45, 2.75) is 39.0 Å². The number of fused-ring (bicyclic) bond motifs is 2. The van der Waals surface area contributed by atoms with Gasteiger partial charge in [-0.2, -0.15) is 5.10 Å².